The average Bonchev–Trinajstić information content (AvgIpc) is 2.52. The third kappa shape index (κ3) is 4.02. The van der Waals surface area contributed by atoms with Crippen molar-refractivity contribution in [3.05, 3.63) is 33.6 Å². The molecule has 8 heteroatoms. The second-order valence-electron chi connectivity index (χ2n) is 5.66. The number of nitrogens with zero attached hydrogens (tertiary/aromatic N) is 3. The topological polar surface area (TPSA) is 114 Å². The van der Waals surface area contributed by atoms with E-state index in [-0.39, 0.29) is 29.6 Å². The van der Waals surface area contributed by atoms with Crippen LogP contribution < -0.4 is 0 Å². The van der Waals surface area contributed by atoms with E-state index in [1.807, 2.05) is 0 Å². The standard InChI is InChI=1S/C15H19N3O5/c1-10-13(8-12(9-16-10)18(22)23)15(21)17-7-3-2-4-11(17)5-6-14(19)20/h8-9,11H,2-7H2,1H3,(H,19,20). The number of aromatic nitrogens is 1. The largest absolute Gasteiger partial charge is 0.481 e. The first-order valence-electron chi connectivity index (χ1n) is 7.54. The van der Waals surface area contributed by atoms with Crippen LogP contribution in [0.25, 0.3) is 0 Å². The van der Waals surface area contributed by atoms with Crippen LogP contribution in [0, 0.1) is 17.0 Å². The first kappa shape index (κ1) is 16.9. The second-order valence-corrected chi connectivity index (χ2v) is 5.66. The number of aliphatic carboxylic acids is 1. The molecule has 1 aromatic heterocycles. The summed E-state index contributed by atoms with van der Waals surface area (Å²) < 4.78 is 0. The van der Waals surface area contributed by atoms with E-state index in [1.165, 1.54) is 6.07 Å². The zero-order valence-corrected chi connectivity index (χ0v) is 12.9. The highest BCUT2D eigenvalue weighted by Gasteiger charge is 2.29. The fourth-order valence-corrected chi connectivity index (χ4v) is 2.85. The van der Waals surface area contributed by atoms with Gasteiger partial charge in [-0.3, -0.25) is 24.7 Å². The van der Waals surface area contributed by atoms with Gasteiger partial charge in [-0.1, -0.05) is 0 Å². The van der Waals surface area contributed by atoms with E-state index in [2.05, 4.69) is 4.98 Å². The number of pyridine rings is 1. The SMILES string of the molecule is Cc1ncc([N+](=O)[O-])cc1C(=O)N1CCCCC1CCC(=O)O. The van der Waals surface area contributed by atoms with E-state index in [0.717, 1.165) is 25.5 Å². The van der Waals surface area contributed by atoms with Crippen LogP contribution in [-0.2, 0) is 4.79 Å². The highest BCUT2D eigenvalue weighted by atomic mass is 16.6. The maximum Gasteiger partial charge on any atom is 0.303 e. The lowest BCUT2D eigenvalue weighted by Gasteiger charge is -2.36. The van der Waals surface area contributed by atoms with Crippen molar-refractivity contribution in [3.8, 4) is 0 Å². The van der Waals surface area contributed by atoms with Crippen LogP contribution in [0.5, 0.6) is 0 Å². The molecule has 0 radical (unpaired) electrons. The first-order chi connectivity index (χ1) is 10.9. The Morgan fingerprint density at radius 3 is 2.87 bits per heavy atom. The Morgan fingerprint density at radius 2 is 2.22 bits per heavy atom. The van der Waals surface area contributed by atoms with Crippen molar-refractivity contribution in [3.63, 3.8) is 0 Å². The van der Waals surface area contributed by atoms with Crippen LogP contribution in [0.15, 0.2) is 12.3 Å². The van der Waals surface area contributed by atoms with Crippen LogP contribution in [0.2, 0.25) is 0 Å². The zero-order chi connectivity index (χ0) is 17.0. The molecule has 23 heavy (non-hydrogen) atoms. The van der Waals surface area contributed by atoms with Gasteiger partial charge >= 0.3 is 5.97 Å². The lowest BCUT2D eigenvalue weighted by Crippen LogP contribution is -2.44. The lowest BCUT2D eigenvalue weighted by atomic mass is 9.96. The molecule has 1 N–H and O–H groups in total. The molecule has 1 atom stereocenters. The molecule has 1 aromatic rings. The highest BCUT2D eigenvalue weighted by molar-refractivity contribution is 5.96. The molecular formula is C15H19N3O5. The van der Waals surface area contributed by atoms with Crippen molar-refractivity contribution in [2.24, 2.45) is 0 Å². The normalized spacial score (nSPS) is 17.8. The molecule has 0 aliphatic carbocycles. The number of rotatable bonds is 5. The van der Waals surface area contributed by atoms with Gasteiger partial charge in [0.2, 0.25) is 0 Å². The van der Waals surface area contributed by atoms with Crippen molar-refractivity contribution < 1.29 is 19.6 Å². The predicted molar refractivity (Wildman–Crippen MR) is 81.2 cm³/mol. The summed E-state index contributed by atoms with van der Waals surface area (Å²) in [5.74, 6) is -1.20. The Labute approximate surface area is 133 Å². The summed E-state index contributed by atoms with van der Waals surface area (Å²) in [6.07, 6.45) is 4.06. The summed E-state index contributed by atoms with van der Waals surface area (Å²) in [4.78, 5) is 39.4. The molecule has 2 heterocycles. The number of carboxylic acid groups (broad SMARTS) is 1. The third-order valence-corrected chi connectivity index (χ3v) is 4.09. The molecule has 2 rings (SSSR count). The number of amides is 1. The van der Waals surface area contributed by atoms with Gasteiger partial charge in [-0.15, -0.1) is 0 Å². The van der Waals surface area contributed by atoms with Gasteiger partial charge < -0.3 is 10.0 Å². The van der Waals surface area contributed by atoms with Crippen molar-refractivity contribution >= 4 is 17.6 Å². The van der Waals surface area contributed by atoms with E-state index >= 15 is 0 Å². The average molecular weight is 321 g/mol. The number of aryl methyl sites for hydroxylation is 1. The number of hydrogen-bond donors (Lipinski definition) is 1. The smallest absolute Gasteiger partial charge is 0.303 e. The molecule has 1 fully saturated rings. The molecule has 8 nitrogen and oxygen atoms in total. The third-order valence-electron chi connectivity index (χ3n) is 4.09. The summed E-state index contributed by atoms with van der Waals surface area (Å²) in [5, 5.41) is 19.7. The minimum Gasteiger partial charge on any atom is -0.481 e. The highest BCUT2D eigenvalue weighted by Crippen LogP contribution is 2.25. The fourth-order valence-electron chi connectivity index (χ4n) is 2.85. The van der Waals surface area contributed by atoms with Crippen molar-refractivity contribution in [1.29, 1.82) is 0 Å². The van der Waals surface area contributed by atoms with Crippen molar-refractivity contribution in [2.75, 3.05) is 6.54 Å². The summed E-state index contributed by atoms with van der Waals surface area (Å²) in [6.45, 7) is 2.17. The number of piperidine rings is 1. The van der Waals surface area contributed by atoms with Gasteiger partial charge in [-0.2, -0.15) is 0 Å². The number of likely N-dealkylation sites (tertiary alicyclic amines) is 1. The summed E-state index contributed by atoms with van der Waals surface area (Å²) in [7, 11) is 0. The van der Waals surface area contributed by atoms with Gasteiger partial charge in [0.15, 0.2) is 0 Å². The van der Waals surface area contributed by atoms with Crippen LogP contribution in [0.3, 0.4) is 0 Å². The minimum absolute atomic E-state index is 0.000611. The van der Waals surface area contributed by atoms with E-state index in [0.29, 0.717) is 18.7 Å². The van der Waals surface area contributed by atoms with Gasteiger partial charge in [-0.05, 0) is 32.6 Å². The molecule has 1 unspecified atom stereocenters. The molecule has 0 spiro atoms. The quantitative estimate of drug-likeness (QED) is 0.656. The monoisotopic (exact) mass is 321 g/mol. The van der Waals surface area contributed by atoms with Crippen LogP contribution in [0.4, 0.5) is 5.69 Å². The Morgan fingerprint density at radius 1 is 1.48 bits per heavy atom. The summed E-state index contributed by atoms with van der Waals surface area (Å²) in [6, 6.07) is 1.10. The van der Waals surface area contributed by atoms with Crippen LogP contribution in [0.1, 0.15) is 48.2 Å². The molecule has 1 aliphatic heterocycles. The number of hydrogen-bond acceptors (Lipinski definition) is 5. The van der Waals surface area contributed by atoms with Crippen LogP contribution >= 0.6 is 0 Å². The second kappa shape index (κ2) is 7.17. The minimum atomic E-state index is -0.892. The van der Waals surface area contributed by atoms with E-state index in [9.17, 15) is 19.7 Å². The van der Waals surface area contributed by atoms with Crippen molar-refractivity contribution in [2.45, 2.75) is 45.1 Å². The van der Waals surface area contributed by atoms with E-state index in [1.54, 1.807) is 11.8 Å². The van der Waals surface area contributed by atoms with Crippen molar-refractivity contribution in [1.82, 2.24) is 9.88 Å². The molecule has 1 amide bonds. The van der Waals surface area contributed by atoms with Crippen LogP contribution in [-0.4, -0.2) is 44.4 Å². The molecule has 0 saturated carbocycles. The lowest BCUT2D eigenvalue weighted by molar-refractivity contribution is -0.385. The number of carbonyl (C=O) groups is 2. The van der Waals surface area contributed by atoms with E-state index < -0.39 is 10.9 Å². The molecule has 124 valence electrons. The summed E-state index contributed by atoms with van der Waals surface area (Å²) in [5.41, 5.74) is 0.419. The Kier molecular flexibility index (Phi) is 5.25. The number of carboxylic acids is 1. The number of carbonyl (C=O) groups excluding carboxylic acids is 1. The Balaban J connectivity index is 2.24. The number of nitro groups is 1. The predicted octanol–water partition coefficient (Wildman–Crippen LogP) is 2.16. The Hall–Kier alpha value is -2.51. The molecule has 1 saturated heterocycles. The molecule has 1 aliphatic rings. The van der Waals surface area contributed by atoms with Gasteiger partial charge in [0.1, 0.15) is 6.20 Å². The van der Waals surface area contributed by atoms with Gasteiger partial charge in [0.25, 0.3) is 11.6 Å². The van der Waals surface area contributed by atoms with E-state index in [4.69, 9.17) is 5.11 Å². The van der Waals surface area contributed by atoms with Gasteiger partial charge in [-0.25, -0.2) is 0 Å². The summed E-state index contributed by atoms with van der Waals surface area (Å²) >= 11 is 0. The van der Waals surface area contributed by atoms with Gasteiger partial charge in [0.05, 0.1) is 16.2 Å². The molecule has 0 bridgehead atoms. The maximum atomic E-state index is 12.8. The maximum absolute atomic E-state index is 12.8. The Bertz CT molecular complexity index is 632. The zero-order valence-electron chi connectivity index (χ0n) is 12.9. The first-order valence-corrected chi connectivity index (χ1v) is 7.54. The molecular weight excluding hydrogens is 302 g/mol. The molecule has 0 aromatic carbocycles. The fraction of sp³-hybridized carbons (Fsp3) is 0.533. The van der Waals surface area contributed by atoms with Gasteiger partial charge in [0, 0.05) is 25.1 Å².